The second-order valence-electron chi connectivity index (χ2n) is 4.97. The number of nitrogens with one attached hydrogen (secondary N) is 1. The smallest absolute Gasteiger partial charge is 0.0841 e. The molecule has 18 heavy (non-hydrogen) atoms. The molecular formula is C14H20ClN3. The van der Waals surface area contributed by atoms with Gasteiger partial charge in [-0.2, -0.15) is 5.10 Å². The second-order valence-corrected chi connectivity index (χ2v) is 5.28. The molecule has 0 spiro atoms. The molecule has 1 aromatic carbocycles. The van der Waals surface area contributed by atoms with Crippen LogP contribution in [0.3, 0.4) is 0 Å². The monoisotopic (exact) mass is 265 g/mol. The van der Waals surface area contributed by atoms with E-state index in [0.717, 1.165) is 12.2 Å². The number of hydrogen-bond acceptors (Lipinski definition) is 2. The van der Waals surface area contributed by atoms with Crippen LogP contribution in [0.15, 0.2) is 24.3 Å². The summed E-state index contributed by atoms with van der Waals surface area (Å²) in [7, 11) is 1.98. The normalized spacial score (nSPS) is 13.4. The van der Waals surface area contributed by atoms with E-state index in [1.54, 1.807) is 0 Å². The molecule has 0 radical (unpaired) electrons. The predicted molar refractivity (Wildman–Crippen MR) is 76.9 cm³/mol. The van der Waals surface area contributed by atoms with Crippen molar-refractivity contribution in [2.75, 3.05) is 5.88 Å². The van der Waals surface area contributed by atoms with Crippen molar-refractivity contribution in [3.63, 3.8) is 0 Å². The van der Waals surface area contributed by atoms with Gasteiger partial charge in [-0.1, -0.05) is 32.0 Å². The molecule has 0 saturated heterocycles. The van der Waals surface area contributed by atoms with Crippen LogP contribution in [0.1, 0.15) is 19.5 Å². The molecule has 1 heterocycles. The van der Waals surface area contributed by atoms with Gasteiger partial charge in [0.1, 0.15) is 0 Å². The highest BCUT2D eigenvalue weighted by atomic mass is 35.5. The fraction of sp³-hybridized carbons (Fsp3) is 0.500. The molecule has 2 rings (SSSR count). The van der Waals surface area contributed by atoms with Gasteiger partial charge in [-0.05, 0) is 12.0 Å². The number of benzene rings is 1. The van der Waals surface area contributed by atoms with Crippen molar-refractivity contribution >= 4 is 22.5 Å². The maximum absolute atomic E-state index is 5.96. The standard InChI is InChI=1S/C14H20ClN3/c1-10(2)12(8-15)16-9-13-11-6-4-5-7-14(11)18(3)17-13/h4-7,10,12,16H,8-9H2,1-3H3. The van der Waals surface area contributed by atoms with Crippen molar-refractivity contribution in [2.45, 2.75) is 26.4 Å². The van der Waals surface area contributed by atoms with Gasteiger partial charge in [-0.15, -0.1) is 11.6 Å². The van der Waals surface area contributed by atoms with Gasteiger partial charge < -0.3 is 5.32 Å². The Labute approximate surface area is 113 Å². The molecule has 4 heteroatoms. The van der Waals surface area contributed by atoms with Crippen molar-refractivity contribution in [1.82, 2.24) is 15.1 Å². The summed E-state index contributed by atoms with van der Waals surface area (Å²) in [5, 5.41) is 9.26. The Morgan fingerprint density at radius 3 is 2.72 bits per heavy atom. The quantitative estimate of drug-likeness (QED) is 0.843. The third-order valence-electron chi connectivity index (χ3n) is 3.34. The Morgan fingerprint density at radius 1 is 1.33 bits per heavy atom. The Morgan fingerprint density at radius 2 is 2.06 bits per heavy atom. The first-order chi connectivity index (χ1) is 8.63. The summed E-state index contributed by atoms with van der Waals surface area (Å²) in [6.45, 7) is 5.12. The molecule has 1 atom stereocenters. The first kappa shape index (κ1) is 13.4. The number of fused-ring (bicyclic) bond motifs is 1. The van der Waals surface area contributed by atoms with Crippen LogP contribution in [0.25, 0.3) is 10.9 Å². The van der Waals surface area contributed by atoms with Crippen LogP contribution in [-0.4, -0.2) is 21.7 Å². The minimum atomic E-state index is 0.326. The second kappa shape index (κ2) is 5.72. The van der Waals surface area contributed by atoms with Crippen LogP contribution in [0, 0.1) is 5.92 Å². The summed E-state index contributed by atoms with van der Waals surface area (Å²) < 4.78 is 1.93. The van der Waals surface area contributed by atoms with Crippen LogP contribution in [0.4, 0.5) is 0 Å². The van der Waals surface area contributed by atoms with E-state index in [4.69, 9.17) is 11.6 Å². The lowest BCUT2D eigenvalue weighted by Crippen LogP contribution is -2.35. The van der Waals surface area contributed by atoms with Crippen LogP contribution in [0.2, 0.25) is 0 Å². The van der Waals surface area contributed by atoms with Gasteiger partial charge in [0.05, 0.1) is 11.2 Å². The Kier molecular flexibility index (Phi) is 4.25. The van der Waals surface area contributed by atoms with E-state index < -0.39 is 0 Å². The highest BCUT2D eigenvalue weighted by Gasteiger charge is 2.13. The highest BCUT2D eigenvalue weighted by molar-refractivity contribution is 6.18. The molecule has 0 saturated carbocycles. The fourth-order valence-electron chi connectivity index (χ4n) is 2.12. The van der Waals surface area contributed by atoms with E-state index in [9.17, 15) is 0 Å². The van der Waals surface area contributed by atoms with Gasteiger partial charge in [0, 0.05) is 30.9 Å². The molecule has 0 aliphatic carbocycles. The summed E-state index contributed by atoms with van der Waals surface area (Å²) >= 11 is 5.96. The molecule has 2 aromatic rings. The van der Waals surface area contributed by atoms with Crippen LogP contribution >= 0.6 is 11.6 Å². The molecule has 1 N–H and O–H groups in total. The fourth-order valence-corrected chi connectivity index (χ4v) is 2.58. The van der Waals surface area contributed by atoms with Crippen LogP contribution < -0.4 is 5.32 Å². The largest absolute Gasteiger partial charge is 0.307 e. The molecule has 0 aliphatic heterocycles. The van der Waals surface area contributed by atoms with E-state index in [1.807, 2.05) is 17.8 Å². The molecule has 0 aliphatic rings. The maximum atomic E-state index is 5.96. The number of hydrogen-bond donors (Lipinski definition) is 1. The number of rotatable bonds is 5. The third kappa shape index (κ3) is 2.68. The van der Waals surface area contributed by atoms with E-state index >= 15 is 0 Å². The molecule has 1 unspecified atom stereocenters. The zero-order valence-corrected chi connectivity index (χ0v) is 11.9. The lowest BCUT2D eigenvalue weighted by molar-refractivity contribution is 0.427. The Bertz CT molecular complexity index is 519. The van der Waals surface area contributed by atoms with E-state index in [2.05, 4.69) is 42.5 Å². The van der Waals surface area contributed by atoms with Crippen LogP contribution in [0.5, 0.6) is 0 Å². The van der Waals surface area contributed by atoms with Gasteiger partial charge in [0.15, 0.2) is 0 Å². The predicted octanol–water partition coefficient (Wildman–Crippen LogP) is 2.93. The van der Waals surface area contributed by atoms with Crippen LogP contribution in [-0.2, 0) is 13.6 Å². The molecule has 0 bridgehead atoms. The first-order valence-corrected chi connectivity index (χ1v) is 6.87. The number of aromatic nitrogens is 2. The van der Waals surface area contributed by atoms with E-state index in [0.29, 0.717) is 17.8 Å². The van der Waals surface area contributed by atoms with Gasteiger partial charge in [-0.3, -0.25) is 4.68 Å². The zero-order valence-electron chi connectivity index (χ0n) is 11.2. The van der Waals surface area contributed by atoms with Crippen molar-refractivity contribution in [3.8, 4) is 0 Å². The average Bonchev–Trinajstić information content (AvgIpc) is 2.68. The number of alkyl halides is 1. The van der Waals surface area contributed by atoms with Crippen molar-refractivity contribution in [1.29, 1.82) is 0 Å². The minimum Gasteiger partial charge on any atom is -0.307 e. The Balaban J connectivity index is 2.17. The number of nitrogens with zero attached hydrogens (tertiary/aromatic N) is 2. The summed E-state index contributed by atoms with van der Waals surface area (Å²) in [4.78, 5) is 0. The zero-order chi connectivity index (χ0) is 13.1. The topological polar surface area (TPSA) is 29.9 Å². The summed E-state index contributed by atoms with van der Waals surface area (Å²) in [6, 6.07) is 8.62. The SMILES string of the molecule is CC(C)C(CCl)NCc1nn(C)c2ccccc12. The maximum Gasteiger partial charge on any atom is 0.0841 e. The number of aryl methyl sites for hydroxylation is 1. The molecule has 3 nitrogen and oxygen atoms in total. The third-order valence-corrected chi connectivity index (χ3v) is 3.67. The summed E-state index contributed by atoms with van der Waals surface area (Å²) in [5.74, 6) is 1.15. The van der Waals surface area contributed by atoms with Gasteiger partial charge >= 0.3 is 0 Å². The highest BCUT2D eigenvalue weighted by Crippen LogP contribution is 2.17. The molecule has 98 valence electrons. The molecule has 1 aromatic heterocycles. The van der Waals surface area contributed by atoms with Crippen molar-refractivity contribution < 1.29 is 0 Å². The molecule has 0 amide bonds. The number of para-hydroxylation sites is 1. The van der Waals surface area contributed by atoms with Gasteiger partial charge in [0.25, 0.3) is 0 Å². The van der Waals surface area contributed by atoms with Gasteiger partial charge in [0.2, 0.25) is 0 Å². The lowest BCUT2D eigenvalue weighted by Gasteiger charge is -2.19. The van der Waals surface area contributed by atoms with Crippen molar-refractivity contribution in [3.05, 3.63) is 30.0 Å². The summed E-state index contributed by atoms with van der Waals surface area (Å²) in [6.07, 6.45) is 0. The van der Waals surface area contributed by atoms with Crippen molar-refractivity contribution in [2.24, 2.45) is 13.0 Å². The van der Waals surface area contributed by atoms with E-state index in [1.165, 1.54) is 10.9 Å². The number of halogens is 1. The summed E-state index contributed by atoms with van der Waals surface area (Å²) in [5.41, 5.74) is 2.25. The molecular weight excluding hydrogens is 246 g/mol. The van der Waals surface area contributed by atoms with Gasteiger partial charge in [-0.25, -0.2) is 0 Å². The first-order valence-electron chi connectivity index (χ1n) is 6.33. The average molecular weight is 266 g/mol. The lowest BCUT2D eigenvalue weighted by atomic mass is 10.1. The molecule has 0 fully saturated rings. The Hall–Kier alpha value is -1.06. The van der Waals surface area contributed by atoms with E-state index in [-0.39, 0.29) is 0 Å². The minimum absolute atomic E-state index is 0.326.